The van der Waals surface area contributed by atoms with E-state index in [4.69, 9.17) is 14.6 Å². The molecule has 1 unspecified atom stereocenters. The molecular formula is C25H46O4. The second-order valence-electron chi connectivity index (χ2n) is 8.53. The number of carboxylic acids is 1. The van der Waals surface area contributed by atoms with Gasteiger partial charge in [0.2, 0.25) is 0 Å². The molecule has 4 heteroatoms. The zero-order valence-corrected chi connectivity index (χ0v) is 18.9. The largest absolute Gasteiger partial charge is 0.481 e. The summed E-state index contributed by atoms with van der Waals surface area (Å²) in [6.07, 6.45) is 24.9. The minimum absolute atomic E-state index is 0.0866. The maximum Gasteiger partial charge on any atom is 0.305 e. The van der Waals surface area contributed by atoms with Crippen LogP contribution in [-0.4, -0.2) is 30.1 Å². The molecule has 0 bridgehead atoms. The SMILES string of the molecule is CCCCCCCC/C=C\CCCCCCCC(CC(=O)O)O[C@H]1CCCCO1. The van der Waals surface area contributed by atoms with Crippen LogP contribution in [0.5, 0.6) is 0 Å². The summed E-state index contributed by atoms with van der Waals surface area (Å²) in [6.45, 7) is 3.00. The Morgan fingerprint density at radius 2 is 1.59 bits per heavy atom. The van der Waals surface area contributed by atoms with Crippen LogP contribution in [0, 0.1) is 0 Å². The zero-order valence-electron chi connectivity index (χ0n) is 18.9. The normalized spacial score (nSPS) is 18.3. The van der Waals surface area contributed by atoms with Gasteiger partial charge in [-0.25, -0.2) is 0 Å². The molecule has 2 atom stereocenters. The molecule has 0 saturated carbocycles. The van der Waals surface area contributed by atoms with Crippen molar-refractivity contribution in [2.75, 3.05) is 6.61 Å². The third-order valence-corrected chi connectivity index (χ3v) is 5.67. The summed E-state index contributed by atoms with van der Waals surface area (Å²) in [7, 11) is 0. The molecule has 0 aromatic carbocycles. The summed E-state index contributed by atoms with van der Waals surface area (Å²) in [5.74, 6) is -0.779. The van der Waals surface area contributed by atoms with E-state index >= 15 is 0 Å². The molecule has 0 aromatic heterocycles. The van der Waals surface area contributed by atoms with Gasteiger partial charge in [-0.1, -0.05) is 76.9 Å². The third kappa shape index (κ3) is 16.6. The van der Waals surface area contributed by atoms with Gasteiger partial charge in [0.15, 0.2) is 6.29 Å². The Morgan fingerprint density at radius 1 is 0.966 bits per heavy atom. The second-order valence-corrected chi connectivity index (χ2v) is 8.53. The van der Waals surface area contributed by atoms with Crippen molar-refractivity contribution in [2.45, 2.75) is 135 Å². The van der Waals surface area contributed by atoms with E-state index in [2.05, 4.69) is 19.1 Å². The van der Waals surface area contributed by atoms with Gasteiger partial charge >= 0.3 is 5.97 Å². The molecule has 1 saturated heterocycles. The van der Waals surface area contributed by atoms with Crippen LogP contribution in [0.2, 0.25) is 0 Å². The maximum absolute atomic E-state index is 11.1. The average molecular weight is 411 g/mol. The van der Waals surface area contributed by atoms with Crippen molar-refractivity contribution in [3.8, 4) is 0 Å². The first kappa shape index (κ1) is 26.2. The quantitative estimate of drug-likeness (QED) is 0.178. The van der Waals surface area contributed by atoms with Gasteiger partial charge < -0.3 is 14.6 Å². The number of aliphatic carboxylic acids is 1. The lowest BCUT2D eigenvalue weighted by atomic mass is 10.0. The number of carboxylic acid groups (broad SMARTS) is 1. The molecule has 1 aliphatic heterocycles. The van der Waals surface area contributed by atoms with Crippen molar-refractivity contribution >= 4 is 5.97 Å². The highest BCUT2D eigenvalue weighted by Crippen LogP contribution is 2.20. The average Bonchev–Trinajstić information content (AvgIpc) is 2.71. The van der Waals surface area contributed by atoms with Gasteiger partial charge in [-0.2, -0.15) is 0 Å². The Morgan fingerprint density at radius 3 is 2.17 bits per heavy atom. The molecule has 0 aromatic rings. The summed E-state index contributed by atoms with van der Waals surface area (Å²) >= 11 is 0. The number of unbranched alkanes of at least 4 members (excludes halogenated alkanes) is 11. The fourth-order valence-corrected chi connectivity index (χ4v) is 3.89. The van der Waals surface area contributed by atoms with Crippen LogP contribution in [-0.2, 0) is 14.3 Å². The third-order valence-electron chi connectivity index (χ3n) is 5.67. The van der Waals surface area contributed by atoms with E-state index in [1.54, 1.807) is 0 Å². The van der Waals surface area contributed by atoms with Gasteiger partial charge in [0.25, 0.3) is 0 Å². The van der Waals surface area contributed by atoms with E-state index < -0.39 is 5.97 Å². The smallest absolute Gasteiger partial charge is 0.305 e. The van der Waals surface area contributed by atoms with Gasteiger partial charge in [0, 0.05) is 6.61 Å². The summed E-state index contributed by atoms with van der Waals surface area (Å²) in [5, 5.41) is 9.11. The number of hydrogen-bond acceptors (Lipinski definition) is 3. The minimum Gasteiger partial charge on any atom is -0.481 e. The van der Waals surface area contributed by atoms with Crippen molar-refractivity contribution < 1.29 is 19.4 Å². The van der Waals surface area contributed by atoms with Crippen molar-refractivity contribution in [1.29, 1.82) is 0 Å². The van der Waals surface area contributed by atoms with Crippen LogP contribution in [0.3, 0.4) is 0 Å². The number of rotatable bonds is 19. The summed E-state index contributed by atoms with van der Waals surface area (Å²) in [6, 6.07) is 0. The fraction of sp³-hybridized carbons (Fsp3) is 0.880. The maximum atomic E-state index is 11.1. The first-order valence-corrected chi connectivity index (χ1v) is 12.4. The number of ether oxygens (including phenoxy) is 2. The Labute approximate surface area is 179 Å². The van der Waals surface area contributed by atoms with Crippen LogP contribution in [0.15, 0.2) is 12.2 Å². The van der Waals surface area contributed by atoms with Gasteiger partial charge in [-0.15, -0.1) is 0 Å². The van der Waals surface area contributed by atoms with Gasteiger partial charge in [-0.05, 0) is 51.4 Å². The van der Waals surface area contributed by atoms with E-state index in [0.717, 1.165) is 45.1 Å². The monoisotopic (exact) mass is 410 g/mol. The van der Waals surface area contributed by atoms with E-state index in [1.165, 1.54) is 70.6 Å². The summed E-state index contributed by atoms with van der Waals surface area (Å²) < 4.78 is 11.5. The Balaban J connectivity index is 1.95. The molecule has 1 fully saturated rings. The highest BCUT2D eigenvalue weighted by atomic mass is 16.7. The van der Waals surface area contributed by atoms with Crippen LogP contribution >= 0.6 is 0 Å². The van der Waals surface area contributed by atoms with Gasteiger partial charge in [-0.3, -0.25) is 4.79 Å². The van der Waals surface area contributed by atoms with Crippen LogP contribution in [0.25, 0.3) is 0 Å². The zero-order chi connectivity index (χ0) is 21.0. The Hall–Kier alpha value is -0.870. The van der Waals surface area contributed by atoms with Crippen molar-refractivity contribution in [2.24, 2.45) is 0 Å². The van der Waals surface area contributed by atoms with Gasteiger partial charge in [0.1, 0.15) is 0 Å². The molecule has 1 N–H and O–H groups in total. The lowest BCUT2D eigenvalue weighted by molar-refractivity contribution is -0.193. The van der Waals surface area contributed by atoms with E-state index in [1.807, 2.05) is 0 Å². The minimum atomic E-state index is -0.779. The van der Waals surface area contributed by atoms with Crippen molar-refractivity contribution in [3.05, 3.63) is 12.2 Å². The van der Waals surface area contributed by atoms with Crippen LogP contribution in [0.1, 0.15) is 122 Å². The molecule has 0 spiro atoms. The molecule has 29 heavy (non-hydrogen) atoms. The highest BCUT2D eigenvalue weighted by molar-refractivity contribution is 5.67. The highest BCUT2D eigenvalue weighted by Gasteiger charge is 2.21. The van der Waals surface area contributed by atoms with Crippen molar-refractivity contribution in [1.82, 2.24) is 0 Å². The molecule has 4 nitrogen and oxygen atoms in total. The predicted octanol–water partition coefficient (Wildman–Crippen LogP) is 7.41. The van der Waals surface area contributed by atoms with Crippen LogP contribution < -0.4 is 0 Å². The lowest BCUT2D eigenvalue weighted by Crippen LogP contribution is -2.29. The van der Waals surface area contributed by atoms with Gasteiger partial charge in [0.05, 0.1) is 12.5 Å². The molecule has 1 rings (SSSR count). The fourth-order valence-electron chi connectivity index (χ4n) is 3.89. The first-order valence-electron chi connectivity index (χ1n) is 12.4. The molecular weight excluding hydrogens is 364 g/mol. The number of carbonyl (C=O) groups is 1. The summed E-state index contributed by atoms with van der Waals surface area (Å²) in [5.41, 5.74) is 0. The van der Waals surface area contributed by atoms with E-state index in [0.29, 0.717) is 0 Å². The number of allylic oxidation sites excluding steroid dienone is 2. The number of hydrogen-bond donors (Lipinski definition) is 1. The molecule has 170 valence electrons. The van der Waals surface area contributed by atoms with E-state index in [9.17, 15) is 4.79 Å². The molecule has 0 amide bonds. The second kappa shape index (κ2) is 19.1. The predicted molar refractivity (Wildman–Crippen MR) is 120 cm³/mol. The van der Waals surface area contributed by atoms with Crippen LogP contribution in [0.4, 0.5) is 0 Å². The van der Waals surface area contributed by atoms with E-state index in [-0.39, 0.29) is 18.8 Å². The summed E-state index contributed by atoms with van der Waals surface area (Å²) in [4.78, 5) is 11.1. The van der Waals surface area contributed by atoms with Crippen molar-refractivity contribution in [3.63, 3.8) is 0 Å². The topological polar surface area (TPSA) is 55.8 Å². The standard InChI is InChI=1S/C25H46O4/c1-2-3-4-5-6-7-8-9-10-11-12-13-14-15-16-19-23(22-24(26)27)29-25-20-17-18-21-28-25/h9-10,23,25H,2-8,11-22H2,1H3,(H,26,27)/b10-9-/t23?,25-/m0/s1. The molecule has 1 heterocycles. The molecule has 0 aliphatic carbocycles. The molecule has 1 aliphatic rings. The lowest BCUT2D eigenvalue weighted by Gasteiger charge is -2.27. The molecule has 0 radical (unpaired) electrons. The first-order chi connectivity index (χ1) is 14.2. The Kier molecular flexibility index (Phi) is 17.2. The Bertz CT molecular complexity index is 402.